The smallest absolute Gasteiger partial charge is 0.175 e. The quantitative estimate of drug-likeness (QED) is 0.278. The summed E-state index contributed by atoms with van der Waals surface area (Å²) in [5.41, 5.74) is 2.64. The fraction of sp³-hybridized carbons (Fsp3) is 0.348. The van der Waals surface area contributed by atoms with E-state index in [0.29, 0.717) is 12.6 Å². The predicted octanol–water partition coefficient (Wildman–Crippen LogP) is 5.29. The highest BCUT2D eigenvalue weighted by Crippen LogP contribution is 2.22. The number of hydrogen-bond donors (Lipinski definition) is 0. The number of aryl methyl sites for hydroxylation is 2. The Bertz CT molecular complexity index is 1210. The van der Waals surface area contributed by atoms with E-state index in [1.165, 1.54) is 0 Å². The molecule has 0 saturated carbocycles. The second-order valence-electron chi connectivity index (χ2n) is 8.95. The molecule has 8 heteroatoms. The minimum atomic E-state index is -1.13. The number of pyridine rings is 1. The van der Waals surface area contributed by atoms with Gasteiger partial charge in [0.1, 0.15) is 24.0 Å². The van der Waals surface area contributed by atoms with Gasteiger partial charge in [-0.3, -0.25) is 0 Å². The number of nitrogens with zero attached hydrogens (tertiary/aromatic N) is 5. The van der Waals surface area contributed by atoms with Crippen LogP contribution in [0.3, 0.4) is 0 Å². The molecule has 0 aliphatic heterocycles. The number of aromatic nitrogens is 5. The molecule has 0 aliphatic rings. The number of furan rings is 1. The molecule has 4 aromatic rings. The molecule has 0 unspecified atom stereocenters. The summed E-state index contributed by atoms with van der Waals surface area (Å²) in [5.74, 6) is 3.01. The molecule has 4 rings (SSSR count). The highest BCUT2D eigenvalue weighted by Gasteiger charge is 2.14. The number of imidazole rings is 1. The van der Waals surface area contributed by atoms with Crippen molar-refractivity contribution in [3.63, 3.8) is 0 Å². The van der Waals surface area contributed by atoms with Crippen molar-refractivity contribution >= 4 is 25.9 Å². The van der Waals surface area contributed by atoms with E-state index in [-0.39, 0.29) is 0 Å². The lowest BCUT2D eigenvalue weighted by molar-refractivity contribution is 0.0867. The van der Waals surface area contributed by atoms with Gasteiger partial charge in [0.2, 0.25) is 0 Å². The minimum Gasteiger partial charge on any atom is -0.460 e. The van der Waals surface area contributed by atoms with Gasteiger partial charge in [-0.15, -0.1) is 5.10 Å². The van der Waals surface area contributed by atoms with E-state index in [4.69, 9.17) is 14.1 Å². The maximum atomic E-state index is 5.96. The summed E-state index contributed by atoms with van der Waals surface area (Å²) < 4.78 is 15.6. The van der Waals surface area contributed by atoms with Gasteiger partial charge in [-0.05, 0) is 56.3 Å². The molecule has 7 nitrogen and oxygen atoms in total. The first-order valence-corrected chi connectivity index (χ1v) is 14.2. The second kappa shape index (κ2) is 8.64. The third-order valence-electron chi connectivity index (χ3n) is 4.97. The van der Waals surface area contributed by atoms with Gasteiger partial charge in [-0.1, -0.05) is 25.7 Å². The molecular weight excluding hydrogens is 406 g/mol. The lowest BCUT2D eigenvalue weighted by atomic mass is 10.3. The molecule has 0 fully saturated rings. The van der Waals surface area contributed by atoms with Crippen LogP contribution in [0.15, 0.2) is 40.9 Å². The summed E-state index contributed by atoms with van der Waals surface area (Å²) in [5, 5.41) is 4.56. The zero-order valence-electron chi connectivity index (χ0n) is 18.8. The number of fused-ring (bicyclic) bond motifs is 1. The first kappa shape index (κ1) is 21.3. The molecule has 0 bridgehead atoms. The van der Waals surface area contributed by atoms with E-state index < -0.39 is 8.07 Å². The third-order valence-corrected chi connectivity index (χ3v) is 6.68. The number of ether oxygens (including phenoxy) is 1. The molecule has 0 aliphatic carbocycles. The zero-order valence-corrected chi connectivity index (χ0v) is 19.8. The summed E-state index contributed by atoms with van der Waals surface area (Å²) >= 11 is 0. The Balaban J connectivity index is 1.58. The number of hydrogen-bond acceptors (Lipinski definition) is 5. The van der Waals surface area contributed by atoms with Crippen molar-refractivity contribution in [3.05, 3.63) is 59.6 Å². The molecule has 0 spiro atoms. The predicted molar refractivity (Wildman–Crippen MR) is 125 cm³/mol. The average Bonchev–Trinajstić information content (AvgIpc) is 3.41. The van der Waals surface area contributed by atoms with Crippen LogP contribution in [0.4, 0.5) is 0 Å². The highest BCUT2D eigenvalue weighted by atomic mass is 28.3. The van der Waals surface area contributed by atoms with Gasteiger partial charge >= 0.3 is 0 Å². The van der Waals surface area contributed by atoms with E-state index in [9.17, 15) is 0 Å². The van der Waals surface area contributed by atoms with Crippen molar-refractivity contribution in [2.75, 3.05) is 6.61 Å². The molecule has 0 radical (unpaired) electrons. The Morgan fingerprint density at radius 2 is 1.90 bits per heavy atom. The van der Waals surface area contributed by atoms with E-state index in [2.05, 4.69) is 29.7 Å². The van der Waals surface area contributed by atoms with Crippen molar-refractivity contribution in [2.45, 2.75) is 46.3 Å². The Labute approximate surface area is 183 Å². The van der Waals surface area contributed by atoms with Crippen LogP contribution < -0.4 is 0 Å². The van der Waals surface area contributed by atoms with Crippen LogP contribution in [0.5, 0.6) is 0 Å². The second-order valence-corrected chi connectivity index (χ2v) is 14.6. The van der Waals surface area contributed by atoms with Crippen LogP contribution in [0.2, 0.25) is 25.7 Å². The average molecular weight is 436 g/mol. The number of rotatable bonds is 8. The van der Waals surface area contributed by atoms with E-state index in [0.717, 1.165) is 47.0 Å². The Morgan fingerprint density at radius 3 is 2.61 bits per heavy atom. The Morgan fingerprint density at radius 1 is 1.06 bits per heavy atom. The molecule has 0 atom stereocenters. The Hall–Kier alpha value is -2.97. The summed E-state index contributed by atoms with van der Waals surface area (Å²) in [6, 6.07) is 10.9. The van der Waals surface area contributed by atoms with Gasteiger partial charge in [-0.2, -0.15) is 0 Å². The zero-order chi connectivity index (χ0) is 22.0. The normalized spacial score (nSPS) is 12.4. The minimum absolute atomic E-state index is 0.439. The summed E-state index contributed by atoms with van der Waals surface area (Å²) in [4.78, 5) is 9.33. The van der Waals surface area contributed by atoms with Gasteiger partial charge < -0.3 is 13.7 Å². The lowest BCUT2D eigenvalue weighted by Crippen LogP contribution is -2.22. The van der Waals surface area contributed by atoms with Crippen LogP contribution >= 0.6 is 0 Å². The largest absolute Gasteiger partial charge is 0.460 e. The molecule has 0 amide bonds. The molecule has 4 heterocycles. The van der Waals surface area contributed by atoms with E-state index in [1.54, 1.807) is 0 Å². The molecule has 31 heavy (non-hydrogen) atoms. The standard InChI is InChI=1S/C23H29N5O2Si/c1-17-7-6-8-23-25-21(26-28(17)23)11-12-22-24-19(20-10-9-18(2)30-20)15-27(22)16-29-13-14-31(3,4)5/h6-12,15H,13-14,16H2,1-5H3/b12-11+. The van der Waals surface area contributed by atoms with Crippen LogP contribution in [-0.4, -0.2) is 38.8 Å². The van der Waals surface area contributed by atoms with Crippen molar-refractivity contribution in [3.8, 4) is 11.5 Å². The molecule has 162 valence electrons. The van der Waals surface area contributed by atoms with Gasteiger partial charge in [0.15, 0.2) is 17.2 Å². The van der Waals surface area contributed by atoms with Crippen molar-refractivity contribution in [1.29, 1.82) is 0 Å². The molecule has 0 N–H and O–H groups in total. The fourth-order valence-electron chi connectivity index (χ4n) is 3.17. The van der Waals surface area contributed by atoms with Crippen LogP contribution in [0.1, 0.15) is 23.1 Å². The maximum absolute atomic E-state index is 5.96. The van der Waals surface area contributed by atoms with Crippen LogP contribution in [0.25, 0.3) is 29.3 Å². The fourth-order valence-corrected chi connectivity index (χ4v) is 3.93. The SMILES string of the molecule is Cc1ccc(-c2cn(COCC[Si](C)(C)C)c(/C=C/c3nc4cccc(C)n4n3)n2)o1. The van der Waals surface area contributed by atoms with Crippen molar-refractivity contribution < 1.29 is 9.15 Å². The van der Waals surface area contributed by atoms with Crippen LogP contribution in [-0.2, 0) is 11.5 Å². The van der Waals surface area contributed by atoms with Gasteiger partial charge in [0, 0.05) is 26.6 Å². The molecule has 4 aromatic heterocycles. The van der Waals surface area contributed by atoms with Gasteiger partial charge in [0.05, 0.1) is 0 Å². The van der Waals surface area contributed by atoms with Crippen molar-refractivity contribution in [1.82, 2.24) is 24.1 Å². The summed E-state index contributed by atoms with van der Waals surface area (Å²) in [7, 11) is -1.13. The van der Waals surface area contributed by atoms with Crippen LogP contribution in [0, 0.1) is 13.8 Å². The molecule has 0 saturated heterocycles. The monoisotopic (exact) mass is 435 g/mol. The maximum Gasteiger partial charge on any atom is 0.175 e. The lowest BCUT2D eigenvalue weighted by Gasteiger charge is -2.15. The molecule has 0 aromatic carbocycles. The van der Waals surface area contributed by atoms with Gasteiger partial charge in [0.25, 0.3) is 0 Å². The van der Waals surface area contributed by atoms with Gasteiger partial charge in [-0.25, -0.2) is 14.5 Å². The first-order chi connectivity index (χ1) is 14.8. The summed E-state index contributed by atoms with van der Waals surface area (Å²) in [6.07, 6.45) is 5.77. The van der Waals surface area contributed by atoms with Crippen molar-refractivity contribution in [2.24, 2.45) is 0 Å². The first-order valence-electron chi connectivity index (χ1n) is 10.5. The van der Waals surface area contributed by atoms with E-state index >= 15 is 0 Å². The summed E-state index contributed by atoms with van der Waals surface area (Å²) in [6.45, 7) is 12.2. The topological polar surface area (TPSA) is 70.4 Å². The Kier molecular flexibility index (Phi) is 5.93. The molecular formula is C23H29N5O2Si. The third kappa shape index (κ3) is 5.21. The van der Waals surface area contributed by atoms with E-state index in [1.807, 2.05) is 71.6 Å². The highest BCUT2D eigenvalue weighted by molar-refractivity contribution is 6.76.